The highest BCUT2D eigenvalue weighted by Gasteiger charge is 2.13. The summed E-state index contributed by atoms with van der Waals surface area (Å²) in [5, 5.41) is 5.57. The van der Waals surface area contributed by atoms with Gasteiger partial charge in [-0.1, -0.05) is 97.1 Å². The van der Waals surface area contributed by atoms with Gasteiger partial charge in [-0.15, -0.1) is 0 Å². The quantitative estimate of drug-likeness (QED) is 0.195. The molecule has 0 saturated heterocycles. The second-order valence-electron chi connectivity index (χ2n) is 8.88. The Bertz CT molecular complexity index is 1930. The van der Waals surface area contributed by atoms with E-state index in [0.29, 0.717) is 22.3 Å². The number of hydrogen-bond donors (Lipinski definition) is 0. The van der Waals surface area contributed by atoms with Gasteiger partial charge < -0.3 is 8.83 Å². The molecule has 4 nitrogen and oxygen atoms in total. The van der Waals surface area contributed by atoms with Crippen LogP contribution in [0.15, 0.2) is 128 Å². The Morgan fingerprint density at radius 1 is 0.417 bits per heavy atom. The summed E-state index contributed by atoms with van der Waals surface area (Å²) < 4.78 is 11.5. The van der Waals surface area contributed by atoms with Crippen molar-refractivity contribution in [3.8, 4) is 22.3 Å². The molecule has 0 aliphatic rings. The minimum Gasteiger partial charge on any atom is -0.422 e. The lowest BCUT2D eigenvalue weighted by Gasteiger charge is -2.08. The lowest BCUT2D eigenvalue weighted by atomic mass is 9.99. The Hall–Kier alpha value is -4.96. The Morgan fingerprint density at radius 3 is 1.25 bits per heavy atom. The van der Waals surface area contributed by atoms with Crippen molar-refractivity contribution in [2.75, 3.05) is 0 Å². The van der Waals surface area contributed by atoms with Crippen LogP contribution in [0.2, 0.25) is 0 Å². The van der Waals surface area contributed by atoms with Gasteiger partial charge in [0.15, 0.2) is 0 Å². The van der Waals surface area contributed by atoms with Crippen LogP contribution in [0.3, 0.4) is 0 Å². The molecule has 170 valence electrons. The Kier molecular flexibility index (Phi) is 4.42. The Balaban J connectivity index is 1.32. The molecule has 0 radical (unpaired) electrons. The van der Waals surface area contributed by atoms with Crippen molar-refractivity contribution in [2.45, 2.75) is 0 Å². The van der Waals surface area contributed by atoms with E-state index in [0.717, 1.165) is 43.4 Å². The Labute approximate surface area is 204 Å². The highest BCUT2D eigenvalue weighted by atomic mass is 16.4. The first-order valence-corrected chi connectivity index (χ1v) is 11.7. The molecule has 2 heterocycles. The van der Waals surface area contributed by atoms with Crippen LogP contribution in [0.1, 0.15) is 0 Å². The maximum absolute atomic E-state index is 12.9. The van der Waals surface area contributed by atoms with E-state index in [1.165, 1.54) is 0 Å². The molecule has 0 aliphatic heterocycles. The summed E-state index contributed by atoms with van der Waals surface area (Å²) in [7, 11) is 0. The van der Waals surface area contributed by atoms with E-state index in [1.54, 1.807) is 0 Å². The molecule has 5 aromatic carbocycles. The Morgan fingerprint density at radius 2 is 0.806 bits per heavy atom. The van der Waals surface area contributed by atoms with E-state index in [-0.39, 0.29) is 0 Å². The molecule has 0 saturated carbocycles. The average molecular weight is 466 g/mol. The summed E-state index contributed by atoms with van der Waals surface area (Å²) in [6.45, 7) is 0. The second kappa shape index (κ2) is 7.79. The summed E-state index contributed by atoms with van der Waals surface area (Å²) >= 11 is 0. The molecular formula is C32H18O4. The molecule has 0 bridgehead atoms. The van der Waals surface area contributed by atoms with E-state index >= 15 is 0 Å². The zero-order chi connectivity index (χ0) is 24.2. The van der Waals surface area contributed by atoms with E-state index in [1.807, 2.05) is 109 Å². The van der Waals surface area contributed by atoms with Gasteiger partial charge in [0.05, 0.1) is 11.1 Å². The molecule has 0 unspecified atom stereocenters. The lowest BCUT2D eigenvalue weighted by molar-refractivity contribution is 0.566. The van der Waals surface area contributed by atoms with Gasteiger partial charge >= 0.3 is 11.3 Å². The predicted molar refractivity (Wildman–Crippen MR) is 144 cm³/mol. The molecule has 36 heavy (non-hydrogen) atoms. The van der Waals surface area contributed by atoms with Gasteiger partial charge in [0.25, 0.3) is 0 Å². The molecule has 4 heteroatoms. The zero-order valence-electron chi connectivity index (χ0n) is 19.0. The fraction of sp³-hybridized carbons (Fsp3) is 0. The van der Waals surface area contributed by atoms with Gasteiger partial charge in [-0.05, 0) is 34.0 Å². The molecule has 0 atom stereocenters. The zero-order valence-corrected chi connectivity index (χ0v) is 19.0. The number of fused-ring (bicyclic) bond motifs is 6. The van der Waals surface area contributed by atoms with Crippen molar-refractivity contribution < 1.29 is 8.83 Å². The summed E-state index contributed by atoms with van der Waals surface area (Å²) in [6.07, 6.45) is 0. The molecule has 0 aliphatic carbocycles. The molecule has 0 amide bonds. The van der Waals surface area contributed by atoms with Crippen LogP contribution in [0, 0.1) is 0 Å². The summed E-state index contributed by atoms with van der Waals surface area (Å²) in [4.78, 5) is 25.8. The smallest absolute Gasteiger partial charge is 0.344 e. The molecule has 7 aromatic rings. The minimum absolute atomic E-state index is 0.399. The first kappa shape index (κ1) is 20.4. The molecule has 0 N–H and O–H groups in total. The lowest BCUT2D eigenvalue weighted by Crippen LogP contribution is -2.04. The van der Waals surface area contributed by atoms with Gasteiger partial charge in [0.1, 0.15) is 11.2 Å². The number of benzene rings is 5. The fourth-order valence-electron chi connectivity index (χ4n) is 4.93. The number of rotatable bonds is 2. The van der Waals surface area contributed by atoms with Crippen molar-refractivity contribution in [1.82, 2.24) is 0 Å². The van der Waals surface area contributed by atoms with Crippen molar-refractivity contribution >= 4 is 43.5 Å². The van der Waals surface area contributed by atoms with Crippen LogP contribution in [0.4, 0.5) is 0 Å². The third-order valence-electron chi connectivity index (χ3n) is 6.76. The predicted octanol–water partition coefficient (Wildman–Crippen LogP) is 7.54. The minimum atomic E-state index is -0.399. The van der Waals surface area contributed by atoms with Crippen molar-refractivity contribution in [3.05, 3.63) is 130 Å². The molecule has 0 fully saturated rings. The van der Waals surface area contributed by atoms with Crippen LogP contribution in [-0.4, -0.2) is 0 Å². The van der Waals surface area contributed by atoms with Crippen molar-refractivity contribution in [1.29, 1.82) is 0 Å². The van der Waals surface area contributed by atoms with E-state index in [2.05, 4.69) is 0 Å². The second-order valence-corrected chi connectivity index (χ2v) is 8.88. The van der Waals surface area contributed by atoms with Gasteiger partial charge in [-0.2, -0.15) is 0 Å². The first-order valence-electron chi connectivity index (χ1n) is 11.7. The highest BCUT2D eigenvalue weighted by molar-refractivity contribution is 6.05. The summed E-state index contributed by atoms with van der Waals surface area (Å²) in [5.41, 5.74) is 2.76. The van der Waals surface area contributed by atoms with E-state index < -0.39 is 11.3 Å². The average Bonchev–Trinajstić information content (AvgIpc) is 2.92. The normalized spacial score (nSPS) is 11.6. The standard InChI is InChI=1S/C32H18O4/c33-31-27(17-23-15-13-19-5-1-3-7-25(19)29(23)35-31)21-9-11-22(12-10-21)28-18-24-16-14-20-6-2-4-8-26(20)30(24)36-32(28)34/h1-18H. The van der Waals surface area contributed by atoms with Crippen LogP contribution >= 0.6 is 0 Å². The largest absolute Gasteiger partial charge is 0.422 e. The fourth-order valence-corrected chi connectivity index (χ4v) is 4.93. The summed E-state index contributed by atoms with van der Waals surface area (Å²) in [5.74, 6) is 0. The van der Waals surface area contributed by atoms with Crippen molar-refractivity contribution in [3.63, 3.8) is 0 Å². The maximum Gasteiger partial charge on any atom is 0.344 e. The third-order valence-corrected chi connectivity index (χ3v) is 6.76. The van der Waals surface area contributed by atoms with Crippen LogP contribution in [0.5, 0.6) is 0 Å². The summed E-state index contributed by atoms with van der Waals surface area (Å²) in [6, 6.07) is 34.7. The van der Waals surface area contributed by atoms with Crippen LogP contribution in [-0.2, 0) is 0 Å². The van der Waals surface area contributed by atoms with E-state index in [4.69, 9.17) is 8.83 Å². The van der Waals surface area contributed by atoms with E-state index in [9.17, 15) is 9.59 Å². The third kappa shape index (κ3) is 3.16. The monoisotopic (exact) mass is 466 g/mol. The maximum atomic E-state index is 12.9. The first-order chi connectivity index (χ1) is 17.7. The molecule has 7 rings (SSSR count). The van der Waals surface area contributed by atoms with Gasteiger partial charge in [-0.25, -0.2) is 9.59 Å². The number of hydrogen-bond acceptors (Lipinski definition) is 4. The van der Waals surface area contributed by atoms with Gasteiger partial charge in [0.2, 0.25) is 0 Å². The topological polar surface area (TPSA) is 60.4 Å². The van der Waals surface area contributed by atoms with Crippen molar-refractivity contribution in [2.24, 2.45) is 0 Å². The SMILES string of the molecule is O=c1oc2c(ccc3ccccc32)cc1-c1ccc(-c2cc3ccc4ccccc4c3oc2=O)cc1. The van der Waals surface area contributed by atoms with Crippen LogP contribution < -0.4 is 11.3 Å². The molecular weight excluding hydrogens is 448 g/mol. The van der Waals surface area contributed by atoms with Gasteiger partial charge in [-0.3, -0.25) is 0 Å². The highest BCUT2D eigenvalue weighted by Crippen LogP contribution is 2.30. The van der Waals surface area contributed by atoms with Crippen LogP contribution in [0.25, 0.3) is 65.7 Å². The van der Waals surface area contributed by atoms with Gasteiger partial charge in [0, 0.05) is 21.5 Å². The molecule has 2 aromatic heterocycles. The molecule has 0 spiro atoms.